The minimum atomic E-state index is -0.328. The minimum Gasteiger partial charge on any atom is -0.314 e. The molecule has 0 saturated heterocycles. The number of anilines is 2. The van der Waals surface area contributed by atoms with Crippen LogP contribution in [-0.4, -0.2) is 46.7 Å². The number of nitrogens with one attached hydrogen (secondary N) is 1. The van der Waals surface area contributed by atoms with E-state index in [0.717, 1.165) is 11.1 Å². The molecule has 1 N–H and O–H groups in total. The molecule has 3 aromatic heterocycles. The summed E-state index contributed by atoms with van der Waals surface area (Å²) in [5.41, 5.74) is 2.35. The maximum atomic E-state index is 12.6. The molecule has 0 unspecified atom stereocenters. The van der Waals surface area contributed by atoms with Crippen LogP contribution in [0.2, 0.25) is 0 Å². The molecule has 2 amide bonds. The average Bonchev–Trinajstić information content (AvgIpc) is 3.55. The van der Waals surface area contributed by atoms with Crippen molar-refractivity contribution in [2.75, 3.05) is 5.32 Å². The Bertz CT molecular complexity index is 1490. The molecular weight excluding hydrogens is 440 g/mol. The number of hydrogen-bond donors (Lipinski definition) is 1. The number of carbonyl (C=O) groups excluding carboxylic acids is 2. The lowest BCUT2D eigenvalue weighted by Gasteiger charge is -2.10. The molecule has 0 spiro atoms. The van der Waals surface area contributed by atoms with E-state index in [0.29, 0.717) is 32.7 Å². The van der Waals surface area contributed by atoms with Gasteiger partial charge >= 0.3 is 0 Å². The SMILES string of the molecule is O=C1c2ccccc2C(=O)N1Cc1nnc(Nc2ncnc3c2cnn3-c2ccccc2)s1. The number of rotatable bonds is 5. The lowest BCUT2D eigenvalue weighted by molar-refractivity contribution is 0.0642. The quantitative estimate of drug-likeness (QED) is 0.402. The highest BCUT2D eigenvalue weighted by molar-refractivity contribution is 7.15. The highest BCUT2D eigenvalue weighted by atomic mass is 32.1. The number of para-hydroxylation sites is 1. The maximum Gasteiger partial charge on any atom is 0.261 e. The third-order valence-corrected chi connectivity index (χ3v) is 6.05. The Morgan fingerprint density at radius 2 is 1.61 bits per heavy atom. The van der Waals surface area contributed by atoms with E-state index in [1.807, 2.05) is 30.3 Å². The molecule has 0 aliphatic carbocycles. The number of imide groups is 1. The first-order valence-electron chi connectivity index (χ1n) is 9.98. The first-order chi connectivity index (χ1) is 16.2. The summed E-state index contributed by atoms with van der Waals surface area (Å²) in [7, 11) is 0. The molecule has 160 valence electrons. The van der Waals surface area contributed by atoms with Crippen molar-refractivity contribution in [1.82, 2.24) is 34.8 Å². The summed E-state index contributed by atoms with van der Waals surface area (Å²) in [5.74, 6) is -0.122. The largest absolute Gasteiger partial charge is 0.314 e. The molecular formula is C22H14N8O2S. The van der Waals surface area contributed by atoms with Crippen LogP contribution in [0.25, 0.3) is 16.7 Å². The fourth-order valence-corrected chi connectivity index (χ4v) is 4.42. The lowest BCUT2D eigenvalue weighted by Crippen LogP contribution is -2.29. The molecule has 0 fully saturated rings. The first kappa shape index (κ1) is 19.2. The zero-order valence-electron chi connectivity index (χ0n) is 16.9. The van der Waals surface area contributed by atoms with Gasteiger partial charge in [0.15, 0.2) is 5.65 Å². The highest BCUT2D eigenvalue weighted by Crippen LogP contribution is 2.28. The number of benzene rings is 2. The summed E-state index contributed by atoms with van der Waals surface area (Å²) < 4.78 is 1.73. The molecule has 4 heterocycles. The van der Waals surface area contributed by atoms with Gasteiger partial charge in [0.1, 0.15) is 17.2 Å². The van der Waals surface area contributed by atoms with Gasteiger partial charge in [0.2, 0.25) is 5.13 Å². The van der Waals surface area contributed by atoms with Crippen LogP contribution in [0.5, 0.6) is 0 Å². The Balaban J connectivity index is 1.24. The molecule has 0 bridgehead atoms. The second kappa shape index (κ2) is 7.57. The van der Waals surface area contributed by atoms with E-state index < -0.39 is 0 Å². The standard InChI is InChI=1S/C22H14N8O2S/c31-20-14-8-4-5-9-15(14)21(32)29(20)11-17-27-28-22(33-17)26-18-16-10-25-30(19(16)24-12-23-18)13-6-2-1-3-7-13/h1-10,12H,11H2,(H,23,24,26,28). The maximum absolute atomic E-state index is 12.6. The molecule has 0 atom stereocenters. The van der Waals surface area contributed by atoms with Crippen molar-refractivity contribution in [3.05, 3.63) is 83.3 Å². The predicted octanol–water partition coefficient (Wildman–Crippen LogP) is 3.21. The Labute approximate surface area is 190 Å². The molecule has 1 aliphatic heterocycles. The molecule has 10 nitrogen and oxygen atoms in total. The molecule has 6 rings (SSSR count). The first-order valence-corrected chi connectivity index (χ1v) is 10.8. The van der Waals surface area contributed by atoms with Crippen LogP contribution in [0.1, 0.15) is 25.7 Å². The molecule has 11 heteroatoms. The average molecular weight is 454 g/mol. The van der Waals surface area contributed by atoms with Crippen molar-refractivity contribution in [2.24, 2.45) is 0 Å². The fourth-order valence-electron chi connectivity index (χ4n) is 3.69. The van der Waals surface area contributed by atoms with E-state index in [2.05, 4.69) is 30.6 Å². The number of amides is 2. The predicted molar refractivity (Wildman–Crippen MR) is 120 cm³/mol. The Kier molecular flexibility index (Phi) is 4.40. The highest BCUT2D eigenvalue weighted by Gasteiger charge is 2.35. The van der Waals surface area contributed by atoms with Gasteiger partial charge in [-0.05, 0) is 24.3 Å². The van der Waals surface area contributed by atoms with Crippen LogP contribution >= 0.6 is 11.3 Å². The molecule has 33 heavy (non-hydrogen) atoms. The number of carbonyl (C=O) groups is 2. The van der Waals surface area contributed by atoms with E-state index >= 15 is 0 Å². The van der Waals surface area contributed by atoms with Crippen molar-refractivity contribution in [3.8, 4) is 5.69 Å². The topological polar surface area (TPSA) is 119 Å². The van der Waals surface area contributed by atoms with Crippen LogP contribution in [-0.2, 0) is 6.54 Å². The monoisotopic (exact) mass is 454 g/mol. The van der Waals surface area contributed by atoms with E-state index in [9.17, 15) is 9.59 Å². The number of hydrogen-bond acceptors (Lipinski definition) is 9. The summed E-state index contributed by atoms with van der Waals surface area (Å²) in [4.78, 5) is 35.1. The lowest BCUT2D eigenvalue weighted by atomic mass is 10.1. The van der Waals surface area contributed by atoms with Gasteiger partial charge in [0.25, 0.3) is 11.8 Å². The van der Waals surface area contributed by atoms with Gasteiger partial charge < -0.3 is 5.32 Å². The zero-order valence-corrected chi connectivity index (χ0v) is 17.7. The smallest absolute Gasteiger partial charge is 0.261 e. The van der Waals surface area contributed by atoms with Crippen LogP contribution in [0.15, 0.2) is 67.1 Å². The third kappa shape index (κ3) is 3.22. The number of fused-ring (bicyclic) bond motifs is 2. The molecule has 2 aromatic carbocycles. The van der Waals surface area contributed by atoms with Crippen molar-refractivity contribution in [1.29, 1.82) is 0 Å². The van der Waals surface area contributed by atoms with Crippen LogP contribution in [0, 0.1) is 0 Å². The van der Waals surface area contributed by atoms with Gasteiger partial charge in [0, 0.05) is 0 Å². The van der Waals surface area contributed by atoms with Gasteiger partial charge in [-0.1, -0.05) is 41.7 Å². The second-order valence-electron chi connectivity index (χ2n) is 7.22. The van der Waals surface area contributed by atoms with Gasteiger partial charge in [-0.15, -0.1) is 10.2 Å². The van der Waals surface area contributed by atoms with E-state index in [1.54, 1.807) is 35.1 Å². The second-order valence-corrected chi connectivity index (χ2v) is 8.28. The Morgan fingerprint density at radius 3 is 2.36 bits per heavy atom. The molecule has 5 aromatic rings. The Hall–Kier alpha value is -4.51. The van der Waals surface area contributed by atoms with Gasteiger partial charge in [-0.3, -0.25) is 14.5 Å². The minimum absolute atomic E-state index is 0.0524. The summed E-state index contributed by atoms with van der Waals surface area (Å²) >= 11 is 1.24. The normalized spacial score (nSPS) is 13.0. The van der Waals surface area contributed by atoms with Crippen molar-refractivity contribution in [3.63, 3.8) is 0 Å². The van der Waals surface area contributed by atoms with Crippen LogP contribution in [0.3, 0.4) is 0 Å². The fraction of sp³-hybridized carbons (Fsp3) is 0.0455. The van der Waals surface area contributed by atoms with Crippen molar-refractivity contribution < 1.29 is 9.59 Å². The molecule has 1 aliphatic rings. The molecule has 0 saturated carbocycles. The van der Waals surface area contributed by atoms with Crippen molar-refractivity contribution >= 4 is 45.1 Å². The third-order valence-electron chi connectivity index (χ3n) is 5.23. The van der Waals surface area contributed by atoms with Crippen LogP contribution < -0.4 is 5.32 Å². The van der Waals surface area contributed by atoms with E-state index in [1.165, 1.54) is 22.6 Å². The van der Waals surface area contributed by atoms with Gasteiger partial charge in [-0.2, -0.15) is 5.10 Å². The van der Waals surface area contributed by atoms with E-state index in [-0.39, 0.29) is 18.4 Å². The zero-order chi connectivity index (χ0) is 22.4. The van der Waals surface area contributed by atoms with Gasteiger partial charge in [0.05, 0.1) is 34.9 Å². The summed E-state index contributed by atoms with van der Waals surface area (Å²) in [6, 6.07) is 16.5. The van der Waals surface area contributed by atoms with E-state index in [4.69, 9.17) is 0 Å². The van der Waals surface area contributed by atoms with Crippen LogP contribution in [0.4, 0.5) is 10.9 Å². The summed E-state index contributed by atoms with van der Waals surface area (Å²) in [6.45, 7) is 0.0524. The van der Waals surface area contributed by atoms with Crippen molar-refractivity contribution in [2.45, 2.75) is 6.54 Å². The molecule has 0 radical (unpaired) electrons. The number of nitrogens with zero attached hydrogens (tertiary/aromatic N) is 7. The summed E-state index contributed by atoms with van der Waals surface area (Å²) in [5, 5.41) is 17.6. The Morgan fingerprint density at radius 1 is 0.879 bits per heavy atom. The summed E-state index contributed by atoms with van der Waals surface area (Å²) in [6.07, 6.45) is 3.14. The van der Waals surface area contributed by atoms with Gasteiger partial charge in [-0.25, -0.2) is 14.6 Å². The number of aromatic nitrogens is 6.